The molecule has 1 heterocycles. The van der Waals surface area contributed by atoms with Crippen LogP contribution in [-0.2, 0) is 4.74 Å². The van der Waals surface area contributed by atoms with Gasteiger partial charge in [-0.05, 0) is 42.7 Å². The van der Waals surface area contributed by atoms with Crippen LogP contribution in [0.3, 0.4) is 0 Å². The molecule has 0 aromatic heterocycles. The van der Waals surface area contributed by atoms with Crippen molar-refractivity contribution in [2.45, 2.75) is 19.3 Å². The Hall–Kier alpha value is -0.720. The maximum absolute atomic E-state index is 5.57. The summed E-state index contributed by atoms with van der Waals surface area (Å²) in [4.78, 5) is 0. The number of fused-ring (bicyclic) bond motifs is 2. The molecule has 3 rings (SSSR count). The zero-order valence-electron chi connectivity index (χ0n) is 6.55. The fraction of sp³-hybridized carbons (Fsp3) is 0.600. The van der Waals surface area contributed by atoms with Crippen molar-refractivity contribution in [3.05, 3.63) is 23.5 Å². The molecule has 3 aliphatic rings. The quantitative estimate of drug-likeness (QED) is 0.512. The molecule has 0 saturated heterocycles. The standard InChI is InChI=1S/C10H12O/c1-2-8-9-6-7(9)3-4-10(8)11-5-1/h3-4,7,9H,1-2,5-6H2. The molecule has 2 atom stereocenters. The molecule has 0 bridgehead atoms. The first-order valence-corrected chi connectivity index (χ1v) is 4.49. The molecule has 1 aliphatic heterocycles. The van der Waals surface area contributed by atoms with E-state index >= 15 is 0 Å². The van der Waals surface area contributed by atoms with Crippen molar-refractivity contribution in [2.75, 3.05) is 6.61 Å². The van der Waals surface area contributed by atoms with Gasteiger partial charge in [0.1, 0.15) is 5.76 Å². The van der Waals surface area contributed by atoms with Gasteiger partial charge < -0.3 is 4.74 Å². The van der Waals surface area contributed by atoms with Crippen molar-refractivity contribution in [3.63, 3.8) is 0 Å². The van der Waals surface area contributed by atoms with E-state index in [0.29, 0.717) is 0 Å². The molecule has 58 valence electrons. The Bertz CT molecular complexity index is 250. The van der Waals surface area contributed by atoms with Crippen LogP contribution in [0.5, 0.6) is 0 Å². The van der Waals surface area contributed by atoms with Crippen LogP contribution >= 0.6 is 0 Å². The van der Waals surface area contributed by atoms with Crippen LogP contribution in [0.2, 0.25) is 0 Å². The fourth-order valence-corrected chi connectivity index (χ4v) is 2.22. The van der Waals surface area contributed by atoms with Crippen LogP contribution in [-0.4, -0.2) is 6.61 Å². The summed E-state index contributed by atoms with van der Waals surface area (Å²) >= 11 is 0. The Balaban J connectivity index is 2.01. The minimum absolute atomic E-state index is 0.885. The van der Waals surface area contributed by atoms with Crippen molar-refractivity contribution in [1.29, 1.82) is 0 Å². The molecule has 1 fully saturated rings. The van der Waals surface area contributed by atoms with E-state index in [1.165, 1.54) is 25.0 Å². The minimum atomic E-state index is 0.885. The lowest BCUT2D eigenvalue weighted by Gasteiger charge is -2.21. The molecular formula is C10H12O. The van der Waals surface area contributed by atoms with Crippen LogP contribution in [0.15, 0.2) is 23.5 Å². The van der Waals surface area contributed by atoms with Crippen molar-refractivity contribution >= 4 is 0 Å². The lowest BCUT2D eigenvalue weighted by Crippen LogP contribution is -2.09. The molecule has 2 aliphatic carbocycles. The summed E-state index contributed by atoms with van der Waals surface area (Å²) in [5.41, 5.74) is 1.61. The zero-order chi connectivity index (χ0) is 7.26. The average molecular weight is 148 g/mol. The lowest BCUT2D eigenvalue weighted by atomic mass is 9.97. The molecule has 1 nitrogen and oxygen atoms in total. The van der Waals surface area contributed by atoms with Gasteiger partial charge in [-0.25, -0.2) is 0 Å². The highest BCUT2D eigenvalue weighted by molar-refractivity contribution is 5.35. The molecule has 0 aromatic carbocycles. The van der Waals surface area contributed by atoms with Gasteiger partial charge >= 0.3 is 0 Å². The van der Waals surface area contributed by atoms with E-state index in [-0.39, 0.29) is 0 Å². The van der Waals surface area contributed by atoms with E-state index in [1.54, 1.807) is 5.57 Å². The topological polar surface area (TPSA) is 9.23 Å². The summed E-state index contributed by atoms with van der Waals surface area (Å²) in [5.74, 6) is 2.97. The summed E-state index contributed by atoms with van der Waals surface area (Å²) in [6.45, 7) is 0.931. The van der Waals surface area contributed by atoms with Crippen LogP contribution in [0.1, 0.15) is 19.3 Å². The Morgan fingerprint density at radius 3 is 3.45 bits per heavy atom. The summed E-state index contributed by atoms with van der Waals surface area (Å²) in [5, 5.41) is 0. The maximum atomic E-state index is 5.57. The van der Waals surface area contributed by atoms with Crippen LogP contribution in [0, 0.1) is 11.8 Å². The van der Waals surface area contributed by atoms with Crippen molar-refractivity contribution in [3.8, 4) is 0 Å². The van der Waals surface area contributed by atoms with Crippen LogP contribution in [0.4, 0.5) is 0 Å². The van der Waals surface area contributed by atoms with Crippen LogP contribution < -0.4 is 0 Å². The molecule has 2 unspecified atom stereocenters. The van der Waals surface area contributed by atoms with Crippen LogP contribution in [0.25, 0.3) is 0 Å². The van der Waals surface area contributed by atoms with E-state index in [4.69, 9.17) is 4.74 Å². The number of hydrogen-bond acceptors (Lipinski definition) is 1. The fourth-order valence-electron chi connectivity index (χ4n) is 2.22. The minimum Gasteiger partial charge on any atom is -0.494 e. The molecular weight excluding hydrogens is 136 g/mol. The molecule has 1 saturated carbocycles. The van der Waals surface area contributed by atoms with E-state index in [2.05, 4.69) is 12.2 Å². The molecule has 0 radical (unpaired) electrons. The molecule has 0 amide bonds. The van der Waals surface area contributed by atoms with E-state index in [9.17, 15) is 0 Å². The summed E-state index contributed by atoms with van der Waals surface area (Å²) in [6, 6.07) is 0. The van der Waals surface area contributed by atoms with E-state index in [1.807, 2.05) is 0 Å². The number of ether oxygens (including phenoxy) is 1. The Labute approximate surface area is 66.7 Å². The van der Waals surface area contributed by atoms with E-state index < -0.39 is 0 Å². The second-order valence-electron chi connectivity index (χ2n) is 3.71. The third-order valence-corrected chi connectivity index (χ3v) is 2.95. The molecule has 0 aromatic rings. The second kappa shape index (κ2) is 1.90. The van der Waals surface area contributed by atoms with Crippen molar-refractivity contribution in [2.24, 2.45) is 11.8 Å². The third kappa shape index (κ3) is 0.770. The Kier molecular flexibility index (Phi) is 1.02. The normalized spacial score (nSPS) is 39.3. The van der Waals surface area contributed by atoms with Gasteiger partial charge in [-0.15, -0.1) is 0 Å². The first-order chi connectivity index (χ1) is 5.45. The predicted octanol–water partition coefficient (Wildman–Crippen LogP) is 2.26. The highest BCUT2D eigenvalue weighted by Gasteiger charge is 2.42. The van der Waals surface area contributed by atoms with Gasteiger partial charge in [0, 0.05) is 0 Å². The SMILES string of the molecule is C1=CC2CC2C2=C1OCCC2. The van der Waals surface area contributed by atoms with Gasteiger partial charge in [0.2, 0.25) is 0 Å². The van der Waals surface area contributed by atoms with Gasteiger partial charge in [0.25, 0.3) is 0 Å². The third-order valence-electron chi connectivity index (χ3n) is 2.95. The molecule has 0 N–H and O–H groups in total. The average Bonchev–Trinajstić information content (AvgIpc) is 2.83. The highest BCUT2D eigenvalue weighted by atomic mass is 16.5. The predicted molar refractivity (Wildman–Crippen MR) is 42.9 cm³/mol. The van der Waals surface area contributed by atoms with Gasteiger partial charge in [0.15, 0.2) is 0 Å². The lowest BCUT2D eigenvalue weighted by molar-refractivity contribution is 0.195. The van der Waals surface area contributed by atoms with Crippen molar-refractivity contribution in [1.82, 2.24) is 0 Å². The Morgan fingerprint density at radius 2 is 2.45 bits per heavy atom. The number of rotatable bonds is 0. The van der Waals surface area contributed by atoms with E-state index in [0.717, 1.165) is 18.4 Å². The van der Waals surface area contributed by atoms with Gasteiger partial charge in [-0.3, -0.25) is 0 Å². The Morgan fingerprint density at radius 1 is 1.45 bits per heavy atom. The largest absolute Gasteiger partial charge is 0.494 e. The van der Waals surface area contributed by atoms with Gasteiger partial charge in [-0.2, -0.15) is 0 Å². The summed E-state index contributed by atoms with van der Waals surface area (Å²) < 4.78 is 5.57. The smallest absolute Gasteiger partial charge is 0.118 e. The molecule has 11 heavy (non-hydrogen) atoms. The van der Waals surface area contributed by atoms with Crippen molar-refractivity contribution < 1.29 is 4.74 Å². The first kappa shape index (κ1) is 5.87. The number of hydrogen-bond donors (Lipinski definition) is 0. The zero-order valence-corrected chi connectivity index (χ0v) is 6.55. The summed E-state index contributed by atoms with van der Waals surface area (Å²) in [6.07, 6.45) is 8.41. The van der Waals surface area contributed by atoms with Gasteiger partial charge in [-0.1, -0.05) is 6.08 Å². The molecule has 0 spiro atoms. The molecule has 1 heteroatoms. The summed E-state index contributed by atoms with van der Waals surface area (Å²) in [7, 11) is 0. The number of allylic oxidation sites excluding steroid dienone is 3. The maximum Gasteiger partial charge on any atom is 0.118 e. The monoisotopic (exact) mass is 148 g/mol. The highest BCUT2D eigenvalue weighted by Crippen LogP contribution is 2.51. The first-order valence-electron chi connectivity index (χ1n) is 4.49. The van der Waals surface area contributed by atoms with Gasteiger partial charge in [0.05, 0.1) is 6.61 Å². The second-order valence-corrected chi connectivity index (χ2v) is 3.71.